The molecule has 2 rings (SSSR count). The zero-order valence-corrected chi connectivity index (χ0v) is 11.5. The molecule has 1 aromatic rings. The van der Waals surface area contributed by atoms with Crippen molar-refractivity contribution in [2.24, 2.45) is 5.92 Å². The number of ether oxygens (including phenoxy) is 1. The van der Waals surface area contributed by atoms with Gasteiger partial charge in [0.05, 0.1) is 6.61 Å². The van der Waals surface area contributed by atoms with Crippen LogP contribution in [0.3, 0.4) is 0 Å². The largest absolute Gasteiger partial charge is 0.494 e. The van der Waals surface area contributed by atoms with Crippen LogP contribution in [-0.4, -0.2) is 30.4 Å². The fourth-order valence-electron chi connectivity index (χ4n) is 2.81. The molecule has 1 atom stereocenters. The molecule has 0 amide bonds. The number of aliphatic hydroxyl groups excluding tert-OH is 1. The van der Waals surface area contributed by atoms with Crippen molar-refractivity contribution in [1.29, 1.82) is 0 Å². The Balaban J connectivity index is 2.17. The maximum absolute atomic E-state index is 9.43. The second-order valence-electron chi connectivity index (χ2n) is 5.40. The van der Waals surface area contributed by atoms with Gasteiger partial charge in [-0.15, -0.1) is 0 Å². The smallest absolute Gasteiger partial charge is 0.119 e. The van der Waals surface area contributed by atoms with E-state index in [-0.39, 0.29) is 12.1 Å². The third-order valence-electron chi connectivity index (χ3n) is 4.08. The van der Waals surface area contributed by atoms with E-state index in [1.54, 1.807) is 0 Å². The van der Waals surface area contributed by atoms with Crippen LogP contribution in [-0.2, 0) is 0 Å². The molecule has 1 fully saturated rings. The van der Waals surface area contributed by atoms with Gasteiger partial charge in [0.2, 0.25) is 0 Å². The van der Waals surface area contributed by atoms with E-state index in [1.165, 1.54) is 5.69 Å². The van der Waals surface area contributed by atoms with Gasteiger partial charge in [-0.1, -0.05) is 0 Å². The normalized spacial score (nSPS) is 22.2. The topological polar surface area (TPSA) is 32.7 Å². The van der Waals surface area contributed by atoms with Gasteiger partial charge in [-0.05, 0) is 51.5 Å². The van der Waals surface area contributed by atoms with Crippen molar-refractivity contribution in [1.82, 2.24) is 0 Å². The molecule has 0 bridgehead atoms. The Labute approximate surface area is 109 Å². The number of benzene rings is 1. The minimum absolute atomic E-state index is 0.0158. The average molecular weight is 249 g/mol. The van der Waals surface area contributed by atoms with E-state index in [0.29, 0.717) is 12.5 Å². The van der Waals surface area contributed by atoms with E-state index in [1.807, 2.05) is 19.1 Å². The molecule has 1 aliphatic rings. The van der Waals surface area contributed by atoms with Gasteiger partial charge in [0.25, 0.3) is 0 Å². The third-order valence-corrected chi connectivity index (χ3v) is 4.08. The molecule has 1 saturated heterocycles. The first-order valence-corrected chi connectivity index (χ1v) is 6.71. The molecule has 0 saturated carbocycles. The van der Waals surface area contributed by atoms with Crippen LogP contribution in [0.4, 0.5) is 5.69 Å². The molecule has 0 aromatic heterocycles. The van der Waals surface area contributed by atoms with Crippen molar-refractivity contribution in [2.45, 2.75) is 32.7 Å². The van der Waals surface area contributed by atoms with E-state index in [2.05, 4.69) is 30.9 Å². The van der Waals surface area contributed by atoms with Crippen molar-refractivity contribution in [3.8, 4) is 5.75 Å². The number of anilines is 1. The fraction of sp³-hybridized carbons (Fsp3) is 0.600. The van der Waals surface area contributed by atoms with Crippen molar-refractivity contribution in [3.63, 3.8) is 0 Å². The highest BCUT2D eigenvalue weighted by Gasteiger charge is 2.40. The monoisotopic (exact) mass is 249 g/mol. The average Bonchev–Trinajstić information content (AvgIpc) is 2.65. The molecular weight excluding hydrogens is 226 g/mol. The first-order valence-electron chi connectivity index (χ1n) is 6.71. The molecule has 1 aromatic carbocycles. The summed E-state index contributed by atoms with van der Waals surface area (Å²) in [5.41, 5.74) is 1.22. The molecule has 1 aliphatic heterocycles. The molecule has 100 valence electrons. The SMILES string of the molecule is CCOc1ccc(N2CCC(CO)C2(C)C)cc1. The first-order chi connectivity index (χ1) is 8.59. The highest BCUT2D eigenvalue weighted by atomic mass is 16.5. The minimum atomic E-state index is 0.0158. The lowest BCUT2D eigenvalue weighted by molar-refractivity contribution is 0.189. The molecular formula is C15H23NO2. The van der Waals surface area contributed by atoms with Crippen LogP contribution in [0.15, 0.2) is 24.3 Å². The first kappa shape index (κ1) is 13.2. The van der Waals surface area contributed by atoms with Gasteiger partial charge in [0.1, 0.15) is 5.75 Å². The predicted molar refractivity (Wildman–Crippen MR) is 74.2 cm³/mol. The Kier molecular flexibility index (Phi) is 3.81. The molecule has 0 radical (unpaired) electrons. The minimum Gasteiger partial charge on any atom is -0.494 e. The summed E-state index contributed by atoms with van der Waals surface area (Å²) in [6, 6.07) is 8.24. The van der Waals surface area contributed by atoms with E-state index >= 15 is 0 Å². The number of aliphatic hydroxyl groups is 1. The van der Waals surface area contributed by atoms with E-state index in [4.69, 9.17) is 4.74 Å². The van der Waals surface area contributed by atoms with Crippen LogP contribution in [0.5, 0.6) is 5.75 Å². The summed E-state index contributed by atoms with van der Waals surface area (Å²) in [7, 11) is 0. The number of hydrogen-bond acceptors (Lipinski definition) is 3. The van der Waals surface area contributed by atoms with E-state index in [9.17, 15) is 5.11 Å². The van der Waals surface area contributed by atoms with E-state index < -0.39 is 0 Å². The number of hydrogen-bond donors (Lipinski definition) is 1. The van der Waals surface area contributed by atoms with Crippen molar-refractivity contribution in [2.75, 3.05) is 24.7 Å². The third kappa shape index (κ3) is 2.32. The van der Waals surface area contributed by atoms with Crippen LogP contribution >= 0.6 is 0 Å². The standard InChI is InChI=1S/C15H23NO2/c1-4-18-14-7-5-13(6-8-14)16-10-9-12(11-17)15(16,2)3/h5-8,12,17H,4,9-11H2,1-3H3. The Morgan fingerprint density at radius 3 is 2.50 bits per heavy atom. The highest BCUT2D eigenvalue weighted by Crippen LogP contribution is 2.38. The lowest BCUT2D eigenvalue weighted by atomic mass is 9.89. The summed E-state index contributed by atoms with van der Waals surface area (Å²) in [6.45, 7) is 8.37. The molecule has 0 aliphatic carbocycles. The molecule has 18 heavy (non-hydrogen) atoms. The van der Waals surface area contributed by atoms with Gasteiger partial charge in [-0.3, -0.25) is 0 Å². The van der Waals surface area contributed by atoms with Gasteiger partial charge in [-0.2, -0.15) is 0 Å². The van der Waals surface area contributed by atoms with Gasteiger partial charge in [-0.25, -0.2) is 0 Å². The molecule has 1 heterocycles. The Morgan fingerprint density at radius 2 is 2.00 bits per heavy atom. The van der Waals surface area contributed by atoms with E-state index in [0.717, 1.165) is 18.7 Å². The highest BCUT2D eigenvalue weighted by molar-refractivity contribution is 5.52. The zero-order chi connectivity index (χ0) is 13.2. The molecule has 1 unspecified atom stereocenters. The van der Waals surface area contributed by atoms with Crippen LogP contribution in [0.25, 0.3) is 0 Å². The Bertz CT molecular complexity index is 386. The zero-order valence-electron chi connectivity index (χ0n) is 11.5. The maximum Gasteiger partial charge on any atom is 0.119 e. The quantitative estimate of drug-likeness (QED) is 0.890. The molecule has 0 spiro atoms. The molecule has 3 nitrogen and oxygen atoms in total. The molecule has 1 N–H and O–H groups in total. The van der Waals surface area contributed by atoms with Gasteiger partial charge < -0.3 is 14.7 Å². The lowest BCUT2D eigenvalue weighted by Gasteiger charge is -2.37. The summed E-state index contributed by atoms with van der Waals surface area (Å²) in [4.78, 5) is 2.38. The number of nitrogens with zero attached hydrogens (tertiary/aromatic N) is 1. The van der Waals surface area contributed by atoms with Gasteiger partial charge >= 0.3 is 0 Å². The number of rotatable bonds is 4. The van der Waals surface area contributed by atoms with Crippen LogP contribution in [0, 0.1) is 5.92 Å². The Hall–Kier alpha value is -1.22. The van der Waals surface area contributed by atoms with Crippen molar-refractivity contribution >= 4 is 5.69 Å². The molecule has 3 heteroatoms. The van der Waals surface area contributed by atoms with Crippen LogP contribution in [0.2, 0.25) is 0 Å². The van der Waals surface area contributed by atoms with Gasteiger partial charge in [0.15, 0.2) is 0 Å². The Morgan fingerprint density at radius 1 is 1.33 bits per heavy atom. The lowest BCUT2D eigenvalue weighted by Crippen LogP contribution is -2.43. The summed E-state index contributed by atoms with van der Waals surface area (Å²) in [5.74, 6) is 1.26. The van der Waals surface area contributed by atoms with Gasteiger partial charge in [0, 0.05) is 30.3 Å². The fourth-order valence-corrected chi connectivity index (χ4v) is 2.81. The van der Waals surface area contributed by atoms with Crippen LogP contribution in [0.1, 0.15) is 27.2 Å². The maximum atomic E-state index is 9.43. The second-order valence-corrected chi connectivity index (χ2v) is 5.40. The summed E-state index contributed by atoms with van der Waals surface area (Å²) >= 11 is 0. The summed E-state index contributed by atoms with van der Waals surface area (Å²) < 4.78 is 5.46. The summed E-state index contributed by atoms with van der Waals surface area (Å²) in [5, 5.41) is 9.43. The predicted octanol–water partition coefficient (Wildman–Crippen LogP) is 2.68. The summed E-state index contributed by atoms with van der Waals surface area (Å²) in [6.07, 6.45) is 1.05. The second kappa shape index (κ2) is 5.19. The van der Waals surface area contributed by atoms with Crippen LogP contribution < -0.4 is 9.64 Å². The van der Waals surface area contributed by atoms with Crippen molar-refractivity contribution in [3.05, 3.63) is 24.3 Å². The van der Waals surface area contributed by atoms with Crippen molar-refractivity contribution < 1.29 is 9.84 Å².